The summed E-state index contributed by atoms with van der Waals surface area (Å²) in [4.78, 5) is 0. The van der Waals surface area contributed by atoms with Crippen LogP contribution in [0.15, 0.2) is 35.5 Å². The lowest BCUT2D eigenvalue weighted by atomic mass is 9.99. The van der Waals surface area contributed by atoms with E-state index in [1.807, 2.05) is 0 Å². The average molecular weight is 190 g/mol. The van der Waals surface area contributed by atoms with Crippen molar-refractivity contribution in [2.45, 2.75) is 52.4 Å². The van der Waals surface area contributed by atoms with Gasteiger partial charge in [0.2, 0.25) is 0 Å². The van der Waals surface area contributed by atoms with Crippen molar-refractivity contribution < 1.29 is 0 Å². The van der Waals surface area contributed by atoms with E-state index >= 15 is 0 Å². The summed E-state index contributed by atoms with van der Waals surface area (Å²) in [7, 11) is 0. The molecule has 14 heavy (non-hydrogen) atoms. The number of hydrogen-bond donors (Lipinski definition) is 0. The molecule has 0 aromatic heterocycles. The van der Waals surface area contributed by atoms with Gasteiger partial charge in [0.25, 0.3) is 0 Å². The third kappa shape index (κ3) is 3.95. The highest BCUT2D eigenvalue weighted by Gasteiger charge is 1.98. The molecule has 0 spiro atoms. The first-order valence-electron chi connectivity index (χ1n) is 5.86. The van der Waals surface area contributed by atoms with Gasteiger partial charge in [0, 0.05) is 0 Å². The maximum absolute atomic E-state index is 2.39. The lowest BCUT2D eigenvalue weighted by Crippen LogP contribution is -1.87. The normalized spacial score (nSPS) is 17.0. The molecule has 0 N–H and O–H groups in total. The number of rotatable bonds is 5. The summed E-state index contributed by atoms with van der Waals surface area (Å²) in [6.07, 6.45) is 16.8. The standard InChI is InChI=1S/C14H22/c1-3-13(4-2)11-8-12-14-9-6-5-7-10-14/h3,6,9-10H,4-5,7-8,11-12H2,1-2H3. The number of hydrogen-bond acceptors (Lipinski definition) is 0. The van der Waals surface area contributed by atoms with Gasteiger partial charge in [-0.3, -0.25) is 0 Å². The van der Waals surface area contributed by atoms with Gasteiger partial charge in [-0.1, -0.05) is 42.4 Å². The lowest BCUT2D eigenvalue weighted by molar-refractivity contribution is 0.780. The van der Waals surface area contributed by atoms with Crippen molar-refractivity contribution in [1.82, 2.24) is 0 Å². The van der Waals surface area contributed by atoms with E-state index < -0.39 is 0 Å². The monoisotopic (exact) mass is 190 g/mol. The molecule has 0 aliphatic heterocycles. The predicted molar refractivity (Wildman–Crippen MR) is 64.4 cm³/mol. The Morgan fingerprint density at radius 3 is 2.86 bits per heavy atom. The zero-order valence-corrected chi connectivity index (χ0v) is 9.55. The van der Waals surface area contributed by atoms with Gasteiger partial charge in [-0.2, -0.15) is 0 Å². The average Bonchev–Trinajstić information content (AvgIpc) is 2.26. The van der Waals surface area contributed by atoms with Crippen LogP contribution in [-0.2, 0) is 0 Å². The summed E-state index contributed by atoms with van der Waals surface area (Å²) in [5.41, 5.74) is 3.15. The molecule has 0 atom stereocenters. The van der Waals surface area contributed by atoms with Gasteiger partial charge in [0.05, 0.1) is 0 Å². The predicted octanol–water partition coefficient (Wildman–Crippen LogP) is 4.79. The first-order valence-corrected chi connectivity index (χ1v) is 5.86. The molecule has 0 radical (unpaired) electrons. The maximum Gasteiger partial charge on any atom is -0.0279 e. The van der Waals surface area contributed by atoms with Gasteiger partial charge in [-0.15, -0.1) is 0 Å². The van der Waals surface area contributed by atoms with Crippen LogP contribution >= 0.6 is 0 Å². The van der Waals surface area contributed by atoms with Crippen LogP contribution in [0.4, 0.5) is 0 Å². The van der Waals surface area contributed by atoms with Gasteiger partial charge >= 0.3 is 0 Å². The van der Waals surface area contributed by atoms with E-state index in [9.17, 15) is 0 Å². The highest BCUT2D eigenvalue weighted by molar-refractivity contribution is 5.22. The van der Waals surface area contributed by atoms with Crippen LogP contribution in [0, 0.1) is 0 Å². The number of allylic oxidation sites excluding steroid dienone is 6. The Hall–Kier alpha value is -0.780. The summed E-state index contributed by atoms with van der Waals surface area (Å²) in [6.45, 7) is 4.40. The molecular formula is C14H22. The van der Waals surface area contributed by atoms with Gasteiger partial charge < -0.3 is 0 Å². The smallest absolute Gasteiger partial charge is 0.0279 e. The minimum absolute atomic E-state index is 1.21. The second-order valence-corrected chi connectivity index (χ2v) is 3.91. The van der Waals surface area contributed by atoms with Crippen LogP contribution in [0.3, 0.4) is 0 Å². The van der Waals surface area contributed by atoms with E-state index in [1.165, 1.54) is 38.5 Å². The second-order valence-electron chi connectivity index (χ2n) is 3.91. The highest BCUT2D eigenvalue weighted by Crippen LogP contribution is 2.18. The molecule has 0 aromatic carbocycles. The zero-order chi connectivity index (χ0) is 10.2. The van der Waals surface area contributed by atoms with Gasteiger partial charge in [-0.05, 0) is 45.4 Å². The van der Waals surface area contributed by atoms with Crippen LogP contribution in [-0.4, -0.2) is 0 Å². The Morgan fingerprint density at radius 1 is 1.43 bits per heavy atom. The molecule has 1 aliphatic rings. The van der Waals surface area contributed by atoms with Crippen molar-refractivity contribution in [3.05, 3.63) is 35.5 Å². The quantitative estimate of drug-likeness (QED) is 0.547. The fraction of sp³-hybridized carbons (Fsp3) is 0.571. The van der Waals surface area contributed by atoms with E-state index in [-0.39, 0.29) is 0 Å². The Balaban J connectivity index is 2.21. The minimum Gasteiger partial charge on any atom is -0.0885 e. The lowest BCUT2D eigenvalue weighted by Gasteiger charge is -2.07. The van der Waals surface area contributed by atoms with Crippen molar-refractivity contribution in [3.63, 3.8) is 0 Å². The Morgan fingerprint density at radius 2 is 2.29 bits per heavy atom. The topological polar surface area (TPSA) is 0 Å². The Bertz CT molecular complexity index is 241. The maximum atomic E-state index is 2.39. The van der Waals surface area contributed by atoms with E-state index in [2.05, 4.69) is 38.2 Å². The van der Waals surface area contributed by atoms with Crippen LogP contribution in [0.5, 0.6) is 0 Å². The highest BCUT2D eigenvalue weighted by atomic mass is 14.0. The Labute approximate surface area is 88.4 Å². The molecule has 78 valence electrons. The van der Waals surface area contributed by atoms with Crippen molar-refractivity contribution in [2.24, 2.45) is 0 Å². The van der Waals surface area contributed by atoms with Crippen LogP contribution in [0.1, 0.15) is 52.4 Å². The minimum atomic E-state index is 1.21. The van der Waals surface area contributed by atoms with E-state index in [0.717, 1.165) is 0 Å². The van der Waals surface area contributed by atoms with Crippen LogP contribution in [0.2, 0.25) is 0 Å². The molecule has 0 fully saturated rings. The van der Waals surface area contributed by atoms with Crippen molar-refractivity contribution in [2.75, 3.05) is 0 Å². The third-order valence-corrected chi connectivity index (χ3v) is 2.90. The molecule has 0 amide bonds. The molecule has 0 saturated heterocycles. The largest absolute Gasteiger partial charge is 0.0885 e. The molecule has 0 saturated carbocycles. The fourth-order valence-electron chi connectivity index (χ4n) is 1.90. The molecule has 0 nitrogen and oxygen atoms in total. The first-order chi connectivity index (χ1) is 6.86. The van der Waals surface area contributed by atoms with Crippen molar-refractivity contribution >= 4 is 0 Å². The third-order valence-electron chi connectivity index (χ3n) is 2.90. The molecule has 0 unspecified atom stereocenters. The van der Waals surface area contributed by atoms with Gasteiger partial charge in [0.15, 0.2) is 0 Å². The molecule has 0 heterocycles. The Kier molecular flexibility index (Phi) is 5.36. The molecule has 1 rings (SSSR count). The molecule has 0 heteroatoms. The van der Waals surface area contributed by atoms with Crippen molar-refractivity contribution in [1.29, 1.82) is 0 Å². The van der Waals surface area contributed by atoms with E-state index in [0.29, 0.717) is 0 Å². The van der Waals surface area contributed by atoms with E-state index in [4.69, 9.17) is 0 Å². The van der Waals surface area contributed by atoms with E-state index in [1.54, 1.807) is 11.1 Å². The van der Waals surface area contributed by atoms with Gasteiger partial charge in [-0.25, -0.2) is 0 Å². The molecule has 1 aliphatic carbocycles. The molecule has 0 bridgehead atoms. The van der Waals surface area contributed by atoms with Crippen molar-refractivity contribution in [3.8, 4) is 0 Å². The summed E-state index contributed by atoms with van der Waals surface area (Å²) in [5.74, 6) is 0. The molecule has 0 aromatic rings. The second kappa shape index (κ2) is 6.64. The fourth-order valence-corrected chi connectivity index (χ4v) is 1.90. The van der Waals surface area contributed by atoms with Gasteiger partial charge in [0.1, 0.15) is 0 Å². The van der Waals surface area contributed by atoms with Crippen LogP contribution < -0.4 is 0 Å². The first kappa shape index (κ1) is 11.3. The summed E-state index contributed by atoms with van der Waals surface area (Å²) >= 11 is 0. The zero-order valence-electron chi connectivity index (χ0n) is 9.55. The molecular weight excluding hydrogens is 168 g/mol. The summed E-state index contributed by atoms with van der Waals surface area (Å²) in [5, 5.41) is 0. The SMILES string of the molecule is CC=C(CC)CCCC1=CCCC=C1. The summed E-state index contributed by atoms with van der Waals surface area (Å²) in [6, 6.07) is 0. The summed E-state index contributed by atoms with van der Waals surface area (Å²) < 4.78 is 0. The van der Waals surface area contributed by atoms with Crippen LogP contribution in [0.25, 0.3) is 0 Å².